The van der Waals surface area contributed by atoms with Gasteiger partial charge in [0.2, 0.25) is 5.91 Å². The summed E-state index contributed by atoms with van der Waals surface area (Å²) in [6, 6.07) is 8.85. The summed E-state index contributed by atoms with van der Waals surface area (Å²) in [6.07, 6.45) is 6.18. The van der Waals surface area contributed by atoms with E-state index in [-0.39, 0.29) is 12.1 Å². The molecular formula is C17H23BrN2O. The molecule has 1 aromatic rings. The number of hydrogen-bond acceptors (Lipinski definition) is 2. The van der Waals surface area contributed by atoms with Gasteiger partial charge < -0.3 is 10.6 Å². The highest BCUT2D eigenvalue weighted by molar-refractivity contribution is 9.10. The molecule has 1 unspecified atom stereocenters. The Morgan fingerprint density at radius 2 is 1.95 bits per heavy atom. The first-order chi connectivity index (χ1) is 10.1. The Morgan fingerprint density at radius 3 is 2.62 bits per heavy atom. The maximum Gasteiger partial charge on any atom is 0.223 e. The van der Waals surface area contributed by atoms with Gasteiger partial charge in [0.15, 0.2) is 0 Å². The van der Waals surface area contributed by atoms with Crippen LogP contribution < -0.4 is 5.73 Å². The summed E-state index contributed by atoms with van der Waals surface area (Å²) in [5, 5.41) is 0. The molecule has 3 nitrogen and oxygen atoms in total. The first-order valence-corrected chi connectivity index (χ1v) is 8.75. The largest absolute Gasteiger partial charge is 0.336 e. The summed E-state index contributed by atoms with van der Waals surface area (Å²) in [5.74, 6) is 0.687. The van der Waals surface area contributed by atoms with Crippen molar-refractivity contribution in [3.63, 3.8) is 0 Å². The summed E-state index contributed by atoms with van der Waals surface area (Å²) in [7, 11) is 0. The van der Waals surface area contributed by atoms with E-state index in [1.165, 1.54) is 12.0 Å². The van der Waals surface area contributed by atoms with Crippen LogP contribution in [0.2, 0.25) is 0 Å². The fraction of sp³-hybridized carbons (Fsp3) is 0.588. The van der Waals surface area contributed by atoms with E-state index in [1.807, 2.05) is 0 Å². The number of carbonyl (C=O) groups excluding carboxylic acids is 1. The van der Waals surface area contributed by atoms with Crippen molar-refractivity contribution in [3.05, 3.63) is 34.3 Å². The number of amides is 1. The first kappa shape index (κ1) is 15.0. The summed E-state index contributed by atoms with van der Waals surface area (Å²) in [5.41, 5.74) is 7.36. The van der Waals surface area contributed by atoms with Gasteiger partial charge in [-0.15, -0.1) is 0 Å². The standard InChI is InChI=1S/C17H23BrN2O/c18-14-8-6-12(7-9-14)16-5-2-10-20(16)17(21)11-13-3-1-4-15(13)19/h6-9,13,15-16H,1-5,10-11,19H2/t13-,15+,16?/m0/s1. The number of hydrogen-bond donors (Lipinski definition) is 1. The number of likely N-dealkylation sites (tertiary alicyclic amines) is 1. The van der Waals surface area contributed by atoms with E-state index >= 15 is 0 Å². The molecule has 21 heavy (non-hydrogen) atoms. The Morgan fingerprint density at radius 1 is 1.19 bits per heavy atom. The van der Waals surface area contributed by atoms with Crippen molar-refractivity contribution < 1.29 is 4.79 Å². The second-order valence-corrected chi connectivity index (χ2v) is 7.27. The second-order valence-electron chi connectivity index (χ2n) is 6.36. The van der Waals surface area contributed by atoms with Crippen LogP contribution in [0.5, 0.6) is 0 Å². The lowest BCUT2D eigenvalue weighted by atomic mass is 9.98. The topological polar surface area (TPSA) is 46.3 Å². The van der Waals surface area contributed by atoms with Crippen LogP contribution in [0.1, 0.15) is 50.1 Å². The van der Waals surface area contributed by atoms with Crippen LogP contribution in [0.3, 0.4) is 0 Å². The highest BCUT2D eigenvalue weighted by Crippen LogP contribution is 2.35. The first-order valence-electron chi connectivity index (χ1n) is 7.95. The molecule has 1 aromatic carbocycles. The quantitative estimate of drug-likeness (QED) is 0.904. The van der Waals surface area contributed by atoms with Gasteiger partial charge in [-0.1, -0.05) is 34.5 Å². The van der Waals surface area contributed by atoms with Crippen LogP contribution in [-0.4, -0.2) is 23.4 Å². The minimum Gasteiger partial charge on any atom is -0.336 e. The Labute approximate surface area is 135 Å². The summed E-state index contributed by atoms with van der Waals surface area (Å²) < 4.78 is 1.08. The maximum atomic E-state index is 12.7. The average molecular weight is 351 g/mol. The molecule has 2 fully saturated rings. The van der Waals surface area contributed by atoms with Gasteiger partial charge in [0.25, 0.3) is 0 Å². The molecule has 1 aliphatic carbocycles. The predicted octanol–water partition coefficient (Wildman–Crippen LogP) is 3.63. The number of benzene rings is 1. The van der Waals surface area contributed by atoms with Gasteiger partial charge in [0, 0.05) is 23.5 Å². The van der Waals surface area contributed by atoms with Crippen molar-refractivity contribution in [2.75, 3.05) is 6.54 Å². The van der Waals surface area contributed by atoms with Gasteiger partial charge in [0.1, 0.15) is 0 Å². The van der Waals surface area contributed by atoms with Gasteiger partial charge in [-0.05, 0) is 49.3 Å². The summed E-state index contributed by atoms with van der Waals surface area (Å²) in [4.78, 5) is 14.7. The van der Waals surface area contributed by atoms with Crippen LogP contribution in [-0.2, 0) is 4.79 Å². The van der Waals surface area contributed by atoms with Crippen LogP contribution in [0.4, 0.5) is 0 Å². The molecule has 1 saturated heterocycles. The molecule has 1 aliphatic heterocycles. The molecule has 0 spiro atoms. The Kier molecular flexibility index (Phi) is 4.65. The van der Waals surface area contributed by atoms with E-state index in [0.29, 0.717) is 18.2 Å². The van der Waals surface area contributed by atoms with Crippen molar-refractivity contribution in [3.8, 4) is 0 Å². The lowest BCUT2D eigenvalue weighted by Crippen LogP contribution is -2.35. The molecule has 4 heteroatoms. The minimum absolute atomic E-state index is 0.225. The summed E-state index contributed by atoms with van der Waals surface area (Å²) in [6.45, 7) is 0.890. The smallest absolute Gasteiger partial charge is 0.223 e. The van der Waals surface area contributed by atoms with E-state index in [2.05, 4.69) is 45.1 Å². The third kappa shape index (κ3) is 3.32. The van der Waals surface area contributed by atoms with Crippen molar-refractivity contribution in [1.82, 2.24) is 4.90 Å². The molecule has 0 radical (unpaired) electrons. The third-order valence-electron chi connectivity index (χ3n) is 4.98. The van der Waals surface area contributed by atoms with Crippen LogP contribution in [0, 0.1) is 5.92 Å². The second kappa shape index (κ2) is 6.49. The third-order valence-corrected chi connectivity index (χ3v) is 5.51. The molecule has 0 bridgehead atoms. The summed E-state index contributed by atoms with van der Waals surface area (Å²) >= 11 is 3.47. The van der Waals surface area contributed by atoms with Gasteiger partial charge in [-0.3, -0.25) is 4.79 Å². The molecule has 1 amide bonds. The normalized spacial score (nSPS) is 29.0. The maximum absolute atomic E-state index is 12.7. The zero-order valence-corrected chi connectivity index (χ0v) is 13.9. The molecular weight excluding hydrogens is 328 g/mol. The van der Waals surface area contributed by atoms with E-state index in [9.17, 15) is 4.79 Å². The number of nitrogens with zero attached hydrogens (tertiary/aromatic N) is 1. The van der Waals surface area contributed by atoms with Gasteiger partial charge in [-0.2, -0.15) is 0 Å². The Balaban J connectivity index is 1.68. The fourth-order valence-electron chi connectivity index (χ4n) is 3.76. The van der Waals surface area contributed by atoms with E-state index in [1.54, 1.807) is 0 Å². The van der Waals surface area contributed by atoms with Crippen LogP contribution >= 0.6 is 15.9 Å². The lowest BCUT2D eigenvalue weighted by molar-refractivity contribution is -0.133. The van der Waals surface area contributed by atoms with Crippen molar-refractivity contribution in [2.45, 2.75) is 50.6 Å². The SMILES string of the molecule is N[C@@H]1CCC[C@H]1CC(=O)N1CCCC1c1ccc(Br)cc1. The molecule has 3 rings (SSSR count). The molecule has 2 aliphatic rings. The molecule has 114 valence electrons. The van der Waals surface area contributed by atoms with Gasteiger partial charge in [-0.25, -0.2) is 0 Å². The van der Waals surface area contributed by atoms with E-state index in [0.717, 1.165) is 36.7 Å². The molecule has 0 aromatic heterocycles. The van der Waals surface area contributed by atoms with Crippen molar-refractivity contribution >= 4 is 21.8 Å². The monoisotopic (exact) mass is 350 g/mol. The number of rotatable bonds is 3. The fourth-order valence-corrected chi connectivity index (χ4v) is 4.02. The number of nitrogens with two attached hydrogens (primary N) is 1. The number of halogens is 1. The van der Waals surface area contributed by atoms with E-state index < -0.39 is 0 Å². The van der Waals surface area contributed by atoms with Gasteiger partial charge in [0.05, 0.1) is 6.04 Å². The van der Waals surface area contributed by atoms with Crippen molar-refractivity contribution in [2.24, 2.45) is 11.7 Å². The van der Waals surface area contributed by atoms with Crippen LogP contribution in [0.25, 0.3) is 0 Å². The van der Waals surface area contributed by atoms with Crippen LogP contribution in [0.15, 0.2) is 28.7 Å². The Hall–Kier alpha value is -0.870. The average Bonchev–Trinajstić information content (AvgIpc) is 3.09. The molecule has 1 heterocycles. The number of carbonyl (C=O) groups is 1. The van der Waals surface area contributed by atoms with Gasteiger partial charge >= 0.3 is 0 Å². The lowest BCUT2D eigenvalue weighted by Gasteiger charge is -2.27. The Bertz CT molecular complexity index is 502. The van der Waals surface area contributed by atoms with E-state index in [4.69, 9.17) is 5.73 Å². The zero-order valence-electron chi connectivity index (χ0n) is 12.3. The molecule has 1 saturated carbocycles. The zero-order chi connectivity index (χ0) is 14.8. The molecule has 3 atom stereocenters. The predicted molar refractivity (Wildman–Crippen MR) is 87.8 cm³/mol. The highest BCUT2D eigenvalue weighted by Gasteiger charge is 2.33. The van der Waals surface area contributed by atoms with Crippen molar-refractivity contribution in [1.29, 1.82) is 0 Å². The minimum atomic E-state index is 0.225. The molecule has 2 N–H and O–H groups in total. The highest BCUT2D eigenvalue weighted by atomic mass is 79.9.